The zero-order valence-electron chi connectivity index (χ0n) is 13.7. The van der Waals surface area contributed by atoms with Gasteiger partial charge in [-0.05, 0) is 37.2 Å². The molecule has 1 amide bonds. The summed E-state index contributed by atoms with van der Waals surface area (Å²) in [6.45, 7) is 3.53. The molecule has 6 nitrogen and oxygen atoms in total. The predicted octanol–water partition coefficient (Wildman–Crippen LogP) is 2.04. The van der Waals surface area contributed by atoms with Crippen LogP contribution in [0.25, 0.3) is 11.0 Å². The molecule has 3 atom stereocenters. The molecule has 0 spiro atoms. The van der Waals surface area contributed by atoms with Gasteiger partial charge in [-0.25, -0.2) is 9.97 Å². The lowest BCUT2D eigenvalue weighted by Crippen LogP contribution is -2.41. The van der Waals surface area contributed by atoms with Crippen molar-refractivity contribution in [3.8, 4) is 0 Å². The van der Waals surface area contributed by atoms with Crippen molar-refractivity contribution in [1.82, 2.24) is 19.9 Å². The lowest BCUT2D eigenvalue weighted by Gasteiger charge is -2.34. The molecule has 2 aliphatic rings. The SMILES string of the molecule is CC(=O)N1CCC2CC(N(C)c3ncnc4[nH]ccc34)C[C@H]2C1. The maximum absolute atomic E-state index is 11.6. The van der Waals surface area contributed by atoms with Gasteiger partial charge in [-0.2, -0.15) is 0 Å². The molecule has 2 unspecified atom stereocenters. The van der Waals surface area contributed by atoms with Crippen molar-refractivity contribution in [3.05, 3.63) is 18.6 Å². The fourth-order valence-corrected chi connectivity index (χ4v) is 4.37. The number of rotatable bonds is 2. The number of anilines is 1. The highest BCUT2D eigenvalue weighted by molar-refractivity contribution is 5.87. The number of likely N-dealkylation sites (tertiary alicyclic amines) is 1. The maximum atomic E-state index is 11.6. The summed E-state index contributed by atoms with van der Waals surface area (Å²) < 4.78 is 0. The summed E-state index contributed by atoms with van der Waals surface area (Å²) in [5.74, 6) is 2.58. The van der Waals surface area contributed by atoms with E-state index in [2.05, 4.69) is 26.9 Å². The van der Waals surface area contributed by atoms with Crippen LogP contribution >= 0.6 is 0 Å². The van der Waals surface area contributed by atoms with Crippen LogP contribution in [0.2, 0.25) is 0 Å². The number of fused-ring (bicyclic) bond motifs is 2. The minimum Gasteiger partial charge on any atom is -0.356 e. The highest BCUT2D eigenvalue weighted by Gasteiger charge is 2.40. The molecular formula is C17H23N5O. The maximum Gasteiger partial charge on any atom is 0.219 e. The quantitative estimate of drug-likeness (QED) is 0.921. The molecule has 2 aromatic rings. The van der Waals surface area contributed by atoms with Crippen LogP contribution in [0.4, 0.5) is 5.82 Å². The number of nitrogens with zero attached hydrogens (tertiary/aromatic N) is 4. The van der Waals surface area contributed by atoms with Gasteiger partial charge in [-0.15, -0.1) is 0 Å². The number of hydrogen-bond acceptors (Lipinski definition) is 4. The summed E-state index contributed by atoms with van der Waals surface area (Å²) in [5.41, 5.74) is 0.889. The number of nitrogens with one attached hydrogen (secondary N) is 1. The van der Waals surface area contributed by atoms with Crippen molar-refractivity contribution in [1.29, 1.82) is 0 Å². The summed E-state index contributed by atoms with van der Waals surface area (Å²) in [7, 11) is 2.14. The van der Waals surface area contributed by atoms with E-state index in [-0.39, 0.29) is 5.91 Å². The zero-order chi connectivity index (χ0) is 16.0. The Hall–Kier alpha value is -2.11. The van der Waals surface area contributed by atoms with E-state index in [1.165, 1.54) is 6.42 Å². The summed E-state index contributed by atoms with van der Waals surface area (Å²) in [6.07, 6.45) is 7.02. The average molecular weight is 313 g/mol. The molecule has 2 aromatic heterocycles. The molecule has 23 heavy (non-hydrogen) atoms. The second-order valence-corrected chi connectivity index (χ2v) is 6.95. The summed E-state index contributed by atoms with van der Waals surface area (Å²) in [4.78, 5) is 27.9. The summed E-state index contributed by atoms with van der Waals surface area (Å²) in [6, 6.07) is 2.53. The van der Waals surface area contributed by atoms with Gasteiger partial charge >= 0.3 is 0 Å². The predicted molar refractivity (Wildman–Crippen MR) is 89.2 cm³/mol. The number of aromatic amines is 1. The normalized spacial score (nSPS) is 27.2. The largest absolute Gasteiger partial charge is 0.356 e. The fraction of sp³-hybridized carbons (Fsp3) is 0.588. The van der Waals surface area contributed by atoms with Crippen molar-refractivity contribution in [2.45, 2.75) is 32.2 Å². The highest BCUT2D eigenvalue weighted by Crippen LogP contribution is 2.41. The average Bonchev–Trinajstić information content (AvgIpc) is 3.19. The Bertz CT molecular complexity index is 727. The van der Waals surface area contributed by atoms with E-state index < -0.39 is 0 Å². The first-order valence-corrected chi connectivity index (χ1v) is 8.40. The number of hydrogen-bond donors (Lipinski definition) is 1. The lowest BCUT2D eigenvalue weighted by atomic mass is 9.89. The van der Waals surface area contributed by atoms with Gasteiger partial charge in [-0.1, -0.05) is 0 Å². The number of amides is 1. The lowest BCUT2D eigenvalue weighted by molar-refractivity contribution is -0.131. The number of H-pyrrole nitrogens is 1. The zero-order valence-corrected chi connectivity index (χ0v) is 13.7. The number of aromatic nitrogens is 3. The van der Waals surface area contributed by atoms with Crippen LogP contribution in [0, 0.1) is 11.8 Å². The van der Waals surface area contributed by atoms with Crippen LogP contribution in [0.15, 0.2) is 18.6 Å². The van der Waals surface area contributed by atoms with Gasteiger partial charge in [0.1, 0.15) is 17.8 Å². The van der Waals surface area contributed by atoms with Crippen LogP contribution in [0.5, 0.6) is 0 Å². The van der Waals surface area contributed by atoms with Gasteiger partial charge in [0.25, 0.3) is 0 Å². The van der Waals surface area contributed by atoms with Crippen molar-refractivity contribution >= 4 is 22.8 Å². The summed E-state index contributed by atoms with van der Waals surface area (Å²) >= 11 is 0. The van der Waals surface area contributed by atoms with Gasteiger partial charge in [0.15, 0.2) is 0 Å². The highest BCUT2D eigenvalue weighted by atomic mass is 16.2. The van der Waals surface area contributed by atoms with E-state index in [4.69, 9.17) is 0 Å². The van der Waals surface area contributed by atoms with Crippen LogP contribution in [-0.4, -0.2) is 51.9 Å². The van der Waals surface area contributed by atoms with Gasteiger partial charge in [0.2, 0.25) is 5.91 Å². The first-order valence-electron chi connectivity index (χ1n) is 8.40. The third-order valence-electron chi connectivity index (χ3n) is 5.70. The van der Waals surface area contributed by atoms with Gasteiger partial charge in [-0.3, -0.25) is 4.79 Å². The van der Waals surface area contributed by atoms with Crippen molar-refractivity contribution < 1.29 is 4.79 Å². The molecule has 1 aliphatic heterocycles. The standard InChI is InChI=1S/C17H23N5O/c1-11(23)22-6-4-12-7-14(8-13(12)9-22)21(2)17-15-3-5-18-16(15)19-10-20-17/h3,5,10,12-14H,4,6-9H2,1-2H3,(H,18,19,20)/t12?,13-,14?/m0/s1. The molecule has 1 saturated heterocycles. The first kappa shape index (κ1) is 14.5. The Balaban J connectivity index is 1.53. The molecule has 1 aliphatic carbocycles. The molecule has 0 bridgehead atoms. The number of carbonyl (C=O) groups is 1. The van der Waals surface area contributed by atoms with Crippen LogP contribution in [-0.2, 0) is 4.79 Å². The molecule has 0 aromatic carbocycles. The van der Waals surface area contributed by atoms with E-state index >= 15 is 0 Å². The molecule has 1 N–H and O–H groups in total. The van der Waals surface area contributed by atoms with E-state index in [0.717, 1.165) is 48.7 Å². The first-order chi connectivity index (χ1) is 11.1. The smallest absolute Gasteiger partial charge is 0.219 e. The van der Waals surface area contributed by atoms with Gasteiger partial charge < -0.3 is 14.8 Å². The van der Waals surface area contributed by atoms with Crippen molar-refractivity contribution in [3.63, 3.8) is 0 Å². The molecule has 4 rings (SSSR count). The van der Waals surface area contributed by atoms with Crippen LogP contribution < -0.4 is 4.90 Å². The van der Waals surface area contributed by atoms with Gasteiger partial charge in [0, 0.05) is 39.3 Å². The second-order valence-electron chi connectivity index (χ2n) is 6.95. The summed E-state index contributed by atoms with van der Waals surface area (Å²) in [5, 5.41) is 1.08. The Morgan fingerprint density at radius 3 is 3.00 bits per heavy atom. The van der Waals surface area contributed by atoms with Crippen LogP contribution in [0.1, 0.15) is 26.2 Å². The third kappa shape index (κ3) is 2.46. The number of piperidine rings is 1. The minimum atomic E-state index is 0.213. The molecule has 3 heterocycles. The molecule has 6 heteroatoms. The van der Waals surface area contributed by atoms with Crippen molar-refractivity contribution in [2.75, 3.05) is 25.0 Å². The third-order valence-corrected chi connectivity index (χ3v) is 5.70. The molecule has 1 saturated carbocycles. The van der Waals surface area contributed by atoms with E-state index in [0.29, 0.717) is 12.0 Å². The van der Waals surface area contributed by atoms with E-state index in [9.17, 15) is 4.79 Å². The molecule has 122 valence electrons. The Morgan fingerprint density at radius 2 is 2.17 bits per heavy atom. The topological polar surface area (TPSA) is 65.1 Å². The Kier molecular flexibility index (Phi) is 3.47. The van der Waals surface area contributed by atoms with E-state index in [1.54, 1.807) is 13.3 Å². The number of carbonyl (C=O) groups excluding carboxylic acids is 1. The minimum absolute atomic E-state index is 0.213. The Morgan fingerprint density at radius 1 is 1.35 bits per heavy atom. The van der Waals surface area contributed by atoms with Crippen molar-refractivity contribution in [2.24, 2.45) is 11.8 Å². The monoisotopic (exact) mass is 313 g/mol. The Labute approximate surface area is 135 Å². The van der Waals surface area contributed by atoms with Gasteiger partial charge in [0.05, 0.1) is 5.39 Å². The fourth-order valence-electron chi connectivity index (χ4n) is 4.37. The molecule has 2 fully saturated rings. The molecular weight excluding hydrogens is 290 g/mol. The molecule has 0 radical (unpaired) electrons. The second kappa shape index (κ2) is 5.51. The van der Waals surface area contributed by atoms with E-state index in [1.807, 2.05) is 17.2 Å². The van der Waals surface area contributed by atoms with Crippen LogP contribution in [0.3, 0.4) is 0 Å².